The van der Waals surface area contributed by atoms with Gasteiger partial charge in [0.2, 0.25) is 9.04 Å². The Kier molecular flexibility index (Phi) is 5.58. The lowest BCUT2D eigenvalue weighted by atomic mass is 9.81. The Hall–Kier alpha value is -1.55. The Balaban J connectivity index is 2.87. The molecule has 0 saturated carbocycles. The molecule has 0 unspecified atom stereocenters. The molecule has 0 atom stereocenters. The summed E-state index contributed by atoms with van der Waals surface area (Å²) < 4.78 is 11.7. The zero-order valence-electron chi connectivity index (χ0n) is 16.1. The van der Waals surface area contributed by atoms with Gasteiger partial charge >= 0.3 is 5.63 Å². The van der Waals surface area contributed by atoms with Crippen molar-refractivity contribution < 1.29 is 8.84 Å². The van der Waals surface area contributed by atoms with Gasteiger partial charge in [-0.2, -0.15) is 0 Å². The summed E-state index contributed by atoms with van der Waals surface area (Å²) in [5, 5.41) is 1.03. The van der Waals surface area contributed by atoms with Crippen molar-refractivity contribution in [2.75, 3.05) is 0 Å². The van der Waals surface area contributed by atoms with Crippen LogP contribution in [0.4, 0.5) is 0 Å². The highest BCUT2D eigenvalue weighted by Gasteiger charge is 2.23. The maximum atomic E-state index is 12.6. The fourth-order valence-corrected chi connectivity index (χ4v) is 3.98. The van der Waals surface area contributed by atoms with E-state index in [-0.39, 0.29) is 11.0 Å². The lowest BCUT2D eigenvalue weighted by Crippen LogP contribution is -2.20. The number of rotatable bonds is 5. The molecule has 1 aromatic carbocycles. The van der Waals surface area contributed by atoms with Crippen LogP contribution in [0, 0.1) is 0 Å². The van der Waals surface area contributed by atoms with E-state index in [1.54, 1.807) is 0 Å². The summed E-state index contributed by atoms with van der Waals surface area (Å²) in [5.74, 6) is 0.428. The van der Waals surface area contributed by atoms with Gasteiger partial charge in [-0.05, 0) is 42.5 Å². The average Bonchev–Trinajstić information content (AvgIpc) is 2.47. The smallest absolute Gasteiger partial charge is 0.377 e. The standard InChI is InChI=1S/C20H30O3Si/c1-8-10-15-16(20(3,4)5)12-11-14-13(9-2)18(23-24(6)7)19(21)22-17(14)15/h11-12,24H,8-10H2,1-7H3. The van der Waals surface area contributed by atoms with E-state index in [0.717, 1.165) is 35.8 Å². The molecule has 0 radical (unpaired) electrons. The van der Waals surface area contributed by atoms with Gasteiger partial charge in [-0.3, -0.25) is 0 Å². The van der Waals surface area contributed by atoms with Gasteiger partial charge in [-0.25, -0.2) is 4.79 Å². The maximum absolute atomic E-state index is 12.6. The molecule has 0 aliphatic rings. The zero-order valence-corrected chi connectivity index (χ0v) is 17.2. The largest absolute Gasteiger partial charge is 0.542 e. The van der Waals surface area contributed by atoms with Crippen LogP contribution < -0.4 is 10.1 Å². The monoisotopic (exact) mass is 346 g/mol. The minimum Gasteiger partial charge on any atom is -0.542 e. The number of aryl methyl sites for hydroxylation is 2. The van der Waals surface area contributed by atoms with Crippen molar-refractivity contribution in [1.29, 1.82) is 0 Å². The first-order valence-corrected chi connectivity index (χ1v) is 11.8. The Bertz CT molecular complexity index is 782. The first kappa shape index (κ1) is 18.8. The van der Waals surface area contributed by atoms with Crippen LogP contribution in [-0.4, -0.2) is 9.04 Å². The van der Waals surface area contributed by atoms with Crippen LogP contribution in [0.2, 0.25) is 13.1 Å². The van der Waals surface area contributed by atoms with Crippen LogP contribution in [0.1, 0.15) is 57.7 Å². The van der Waals surface area contributed by atoms with Gasteiger partial charge in [0.25, 0.3) is 0 Å². The van der Waals surface area contributed by atoms with Crippen molar-refractivity contribution in [3.05, 3.63) is 39.2 Å². The molecule has 0 bridgehead atoms. The third kappa shape index (κ3) is 3.58. The lowest BCUT2D eigenvalue weighted by Gasteiger charge is -2.24. The molecular weight excluding hydrogens is 316 g/mol. The van der Waals surface area contributed by atoms with E-state index in [9.17, 15) is 4.79 Å². The van der Waals surface area contributed by atoms with Crippen molar-refractivity contribution in [3.8, 4) is 5.75 Å². The van der Waals surface area contributed by atoms with Crippen molar-refractivity contribution in [2.45, 2.75) is 72.4 Å². The van der Waals surface area contributed by atoms with Gasteiger partial charge in [0.05, 0.1) is 0 Å². The van der Waals surface area contributed by atoms with Gasteiger partial charge in [-0.15, -0.1) is 0 Å². The summed E-state index contributed by atoms with van der Waals surface area (Å²) in [4.78, 5) is 12.6. The Morgan fingerprint density at radius 3 is 2.29 bits per heavy atom. The Morgan fingerprint density at radius 1 is 1.12 bits per heavy atom. The fraction of sp³-hybridized carbons (Fsp3) is 0.550. The van der Waals surface area contributed by atoms with Crippen LogP contribution >= 0.6 is 0 Å². The topological polar surface area (TPSA) is 39.4 Å². The van der Waals surface area contributed by atoms with Crippen LogP contribution in [0.25, 0.3) is 11.0 Å². The molecule has 0 saturated heterocycles. The van der Waals surface area contributed by atoms with Crippen LogP contribution in [0.5, 0.6) is 5.75 Å². The Labute approximate surface area is 146 Å². The summed E-state index contributed by atoms with van der Waals surface area (Å²) in [6.45, 7) is 15.0. The molecule has 0 amide bonds. The summed E-state index contributed by atoms with van der Waals surface area (Å²) in [6.07, 6.45) is 2.69. The molecule has 1 aromatic heterocycles. The quantitative estimate of drug-likeness (QED) is 0.567. The lowest BCUT2D eigenvalue weighted by molar-refractivity contribution is 0.482. The maximum Gasteiger partial charge on any atom is 0.377 e. The van der Waals surface area contributed by atoms with Crippen molar-refractivity contribution in [2.24, 2.45) is 0 Å². The summed E-state index contributed by atoms with van der Waals surface area (Å²) in [6, 6.07) is 4.30. The fourth-order valence-electron chi connectivity index (χ4n) is 3.27. The minimum atomic E-state index is -1.37. The molecule has 4 heteroatoms. The number of hydrogen-bond donors (Lipinski definition) is 0. The van der Waals surface area contributed by atoms with Gasteiger partial charge in [0.1, 0.15) is 5.58 Å². The van der Waals surface area contributed by atoms with Gasteiger partial charge < -0.3 is 8.84 Å². The molecule has 132 valence electrons. The molecule has 2 aromatic rings. The molecule has 1 heterocycles. The number of benzene rings is 1. The van der Waals surface area contributed by atoms with E-state index in [0.29, 0.717) is 5.75 Å². The molecule has 0 spiro atoms. The number of hydrogen-bond acceptors (Lipinski definition) is 3. The van der Waals surface area contributed by atoms with Crippen molar-refractivity contribution in [3.63, 3.8) is 0 Å². The zero-order chi connectivity index (χ0) is 18.1. The molecule has 3 nitrogen and oxygen atoms in total. The normalized spacial score (nSPS) is 12.2. The van der Waals surface area contributed by atoms with Crippen LogP contribution in [0.15, 0.2) is 21.3 Å². The number of fused-ring (bicyclic) bond motifs is 1. The molecule has 2 rings (SSSR count). The second-order valence-electron chi connectivity index (χ2n) is 7.69. The second-order valence-corrected chi connectivity index (χ2v) is 10.0. The molecule has 0 fully saturated rings. The van der Waals surface area contributed by atoms with Crippen LogP contribution in [0.3, 0.4) is 0 Å². The van der Waals surface area contributed by atoms with E-state index in [4.69, 9.17) is 8.84 Å². The summed E-state index contributed by atoms with van der Waals surface area (Å²) in [5.41, 5.74) is 3.86. The van der Waals surface area contributed by atoms with E-state index in [1.807, 2.05) is 0 Å². The molecule has 0 aliphatic heterocycles. The SMILES string of the molecule is CCCc1c(C(C)(C)C)ccc2c(CC)c(O[SiH](C)C)c(=O)oc12. The summed E-state index contributed by atoms with van der Waals surface area (Å²) in [7, 11) is -1.37. The van der Waals surface area contributed by atoms with E-state index in [2.05, 4.69) is 59.8 Å². The highest BCUT2D eigenvalue weighted by molar-refractivity contribution is 6.49. The predicted octanol–water partition coefficient (Wildman–Crippen LogP) is 4.97. The Morgan fingerprint density at radius 2 is 1.79 bits per heavy atom. The summed E-state index contributed by atoms with van der Waals surface area (Å²) >= 11 is 0. The van der Waals surface area contributed by atoms with Crippen LogP contribution in [-0.2, 0) is 18.3 Å². The van der Waals surface area contributed by atoms with E-state index >= 15 is 0 Å². The minimum absolute atomic E-state index is 0.0175. The van der Waals surface area contributed by atoms with Gasteiger partial charge in [0, 0.05) is 10.9 Å². The highest BCUT2D eigenvalue weighted by atomic mass is 28.3. The first-order chi connectivity index (χ1) is 11.2. The first-order valence-electron chi connectivity index (χ1n) is 8.99. The predicted molar refractivity (Wildman–Crippen MR) is 104 cm³/mol. The van der Waals surface area contributed by atoms with E-state index < -0.39 is 9.04 Å². The highest BCUT2D eigenvalue weighted by Crippen LogP contribution is 2.35. The molecular formula is C20H30O3Si. The third-order valence-electron chi connectivity index (χ3n) is 4.25. The molecule has 24 heavy (non-hydrogen) atoms. The van der Waals surface area contributed by atoms with Gasteiger partial charge in [0.15, 0.2) is 5.75 Å². The van der Waals surface area contributed by atoms with E-state index in [1.165, 1.54) is 11.1 Å². The molecule has 0 aliphatic carbocycles. The van der Waals surface area contributed by atoms with Crippen molar-refractivity contribution in [1.82, 2.24) is 0 Å². The van der Waals surface area contributed by atoms with Crippen molar-refractivity contribution >= 4 is 20.0 Å². The van der Waals surface area contributed by atoms with Gasteiger partial charge in [-0.1, -0.05) is 53.2 Å². The second kappa shape index (κ2) is 7.14. The molecule has 0 N–H and O–H groups in total. The third-order valence-corrected chi connectivity index (χ3v) is 4.96. The average molecular weight is 347 g/mol.